The third kappa shape index (κ3) is 4.01. The molecular weight excluding hydrogens is 379 g/mol. The Morgan fingerprint density at radius 2 is 1.79 bits per heavy atom. The lowest BCUT2D eigenvalue weighted by Gasteiger charge is -2.31. The van der Waals surface area contributed by atoms with Gasteiger partial charge in [-0.3, -0.25) is 0 Å². The number of rotatable bonds is 6. The summed E-state index contributed by atoms with van der Waals surface area (Å²) in [6.45, 7) is 1.89. The third-order valence-electron chi connectivity index (χ3n) is 5.23. The van der Waals surface area contributed by atoms with E-state index in [1.165, 1.54) is 28.2 Å². The summed E-state index contributed by atoms with van der Waals surface area (Å²) in [6, 6.07) is 16.7. The van der Waals surface area contributed by atoms with Gasteiger partial charge in [0.15, 0.2) is 11.8 Å². The highest BCUT2D eigenvalue weighted by molar-refractivity contribution is 7.89. The fourth-order valence-electron chi connectivity index (χ4n) is 3.73. The highest BCUT2D eigenvalue weighted by Crippen LogP contribution is 2.17. The van der Waals surface area contributed by atoms with Crippen LogP contribution in [0, 0.1) is 5.82 Å². The van der Waals surface area contributed by atoms with E-state index in [0.717, 1.165) is 37.4 Å². The second-order valence-corrected chi connectivity index (χ2v) is 8.74. The fraction of sp³-hybridized carbons (Fsp3) is 0.238. The predicted octanol–water partition coefficient (Wildman–Crippen LogP) is 2.08. The first-order valence-electron chi connectivity index (χ1n) is 9.23. The van der Waals surface area contributed by atoms with Gasteiger partial charge in [-0.15, -0.1) is 0 Å². The minimum atomic E-state index is -3.73. The topological polar surface area (TPSA) is 63.8 Å². The number of sulfonamides is 1. The monoisotopic (exact) mass is 401 g/mol. The lowest BCUT2D eigenvalue weighted by molar-refractivity contribution is -0.946. The summed E-state index contributed by atoms with van der Waals surface area (Å²) in [5.41, 5.74) is 2.62. The molecule has 1 aliphatic rings. The van der Waals surface area contributed by atoms with E-state index in [1.807, 2.05) is 24.3 Å². The predicted molar refractivity (Wildman–Crippen MR) is 103 cm³/mol. The Morgan fingerprint density at radius 1 is 1.04 bits per heavy atom. The Hall–Kier alpha value is -2.48. The third-order valence-corrected chi connectivity index (χ3v) is 6.67. The van der Waals surface area contributed by atoms with Crippen LogP contribution in [0.4, 0.5) is 4.39 Å². The van der Waals surface area contributed by atoms with E-state index in [-0.39, 0.29) is 17.5 Å². The van der Waals surface area contributed by atoms with Gasteiger partial charge >= 0.3 is 0 Å². The maximum atomic E-state index is 13.1. The molecule has 2 heterocycles. The van der Waals surface area contributed by atoms with Crippen molar-refractivity contribution in [2.24, 2.45) is 0 Å². The first-order valence-corrected chi connectivity index (χ1v) is 10.7. The maximum Gasteiger partial charge on any atom is 0.240 e. The number of hydrogen-bond donors (Lipinski definition) is 2. The zero-order chi connectivity index (χ0) is 19.6. The smallest absolute Gasteiger partial charge is 0.240 e. The van der Waals surface area contributed by atoms with Gasteiger partial charge < -0.3 is 9.32 Å². The van der Waals surface area contributed by atoms with Gasteiger partial charge in [0.1, 0.15) is 12.4 Å². The summed E-state index contributed by atoms with van der Waals surface area (Å²) < 4.78 is 46.7. The average Bonchev–Trinajstić information content (AvgIpc) is 3.23. The molecule has 0 bridgehead atoms. The number of halogens is 1. The van der Waals surface area contributed by atoms with E-state index in [1.54, 1.807) is 6.26 Å². The summed E-state index contributed by atoms with van der Waals surface area (Å²) >= 11 is 0. The highest BCUT2D eigenvalue weighted by Gasteiger charge is 2.31. The lowest BCUT2D eigenvalue weighted by atomic mass is 9.98. The van der Waals surface area contributed by atoms with Crippen LogP contribution in [0.3, 0.4) is 0 Å². The summed E-state index contributed by atoms with van der Waals surface area (Å²) in [4.78, 5) is 1.29. The molecule has 0 amide bonds. The lowest BCUT2D eigenvalue weighted by Crippen LogP contribution is -3.12. The van der Waals surface area contributed by atoms with Crippen molar-refractivity contribution in [3.05, 3.63) is 89.6 Å². The Kier molecular flexibility index (Phi) is 5.30. The average molecular weight is 401 g/mol. The molecule has 0 fully saturated rings. The van der Waals surface area contributed by atoms with Crippen LogP contribution in [-0.2, 0) is 23.0 Å². The van der Waals surface area contributed by atoms with Crippen LogP contribution in [0.1, 0.15) is 22.9 Å². The SMILES string of the molecule is O=S(=O)(NC[C@H](c1ccco1)[NH+]1CCc2ccccc2C1)c1ccc(F)cc1. The van der Waals surface area contributed by atoms with Crippen molar-refractivity contribution in [2.75, 3.05) is 13.1 Å². The Balaban J connectivity index is 1.54. The molecule has 146 valence electrons. The van der Waals surface area contributed by atoms with Crippen molar-refractivity contribution >= 4 is 10.0 Å². The Labute approximate surface area is 163 Å². The molecule has 28 heavy (non-hydrogen) atoms. The first-order chi connectivity index (χ1) is 13.5. The van der Waals surface area contributed by atoms with Gasteiger partial charge in [0.05, 0.1) is 24.2 Å². The molecule has 7 heteroatoms. The highest BCUT2D eigenvalue weighted by atomic mass is 32.2. The number of fused-ring (bicyclic) bond motifs is 1. The molecule has 0 saturated carbocycles. The molecule has 2 atom stereocenters. The number of benzene rings is 2. The quantitative estimate of drug-likeness (QED) is 0.665. The zero-order valence-corrected chi connectivity index (χ0v) is 16.1. The summed E-state index contributed by atoms with van der Waals surface area (Å²) in [5.74, 6) is 0.278. The van der Waals surface area contributed by atoms with Crippen LogP contribution in [0.15, 0.2) is 76.2 Å². The number of hydrogen-bond acceptors (Lipinski definition) is 3. The van der Waals surface area contributed by atoms with E-state index < -0.39 is 15.8 Å². The fourth-order valence-corrected chi connectivity index (χ4v) is 4.77. The molecule has 0 radical (unpaired) electrons. The maximum absolute atomic E-state index is 13.1. The number of furan rings is 1. The molecule has 4 rings (SSSR count). The normalized spacial score (nSPS) is 17.8. The molecular formula is C21H22FN2O3S+. The van der Waals surface area contributed by atoms with E-state index in [2.05, 4.69) is 16.9 Å². The van der Waals surface area contributed by atoms with E-state index >= 15 is 0 Å². The largest absolute Gasteiger partial charge is 0.463 e. The van der Waals surface area contributed by atoms with Crippen molar-refractivity contribution in [3.63, 3.8) is 0 Å². The van der Waals surface area contributed by atoms with Crippen LogP contribution < -0.4 is 9.62 Å². The van der Waals surface area contributed by atoms with Crippen molar-refractivity contribution in [2.45, 2.75) is 23.9 Å². The van der Waals surface area contributed by atoms with Gasteiger partial charge in [-0.05, 0) is 42.0 Å². The van der Waals surface area contributed by atoms with Crippen molar-refractivity contribution in [1.29, 1.82) is 0 Å². The second-order valence-electron chi connectivity index (χ2n) is 6.98. The van der Waals surface area contributed by atoms with E-state index in [9.17, 15) is 12.8 Å². The van der Waals surface area contributed by atoms with Gasteiger partial charge in [0.25, 0.3) is 0 Å². The molecule has 1 unspecified atom stereocenters. The summed E-state index contributed by atoms with van der Waals surface area (Å²) in [6.07, 6.45) is 2.54. The Bertz CT molecular complexity index is 1030. The molecule has 2 aromatic carbocycles. The van der Waals surface area contributed by atoms with E-state index in [4.69, 9.17) is 4.42 Å². The summed E-state index contributed by atoms with van der Waals surface area (Å²) in [5, 5.41) is 0. The minimum absolute atomic E-state index is 0.0473. The summed E-state index contributed by atoms with van der Waals surface area (Å²) in [7, 11) is -3.73. The molecule has 5 nitrogen and oxygen atoms in total. The molecule has 0 aliphatic carbocycles. The van der Waals surface area contributed by atoms with Gasteiger partial charge in [0, 0.05) is 12.0 Å². The standard InChI is InChI=1S/C21H21FN2O3S/c22-18-7-9-19(10-8-18)28(25,26)23-14-20(21-6-3-13-27-21)24-12-11-16-4-1-2-5-17(16)15-24/h1-10,13,20,23H,11-12,14-15H2/p+1/t20-/m1/s1. The van der Waals surface area contributed by atoms with E-state index in [0.29, 0.717) is 0 Å². The first kappa shape index (κ1) is 18.9. The van der Waals surface area contributed by atoms with Crippen molar-refractivity contribution < 1.29 is 22.1 Å². The molecule has 1 aliphatic heterocycles. The van der Waals surface area contributed by atoms with Crippen LogP contribution in [0.5, 0.6) is 0 Å². The van der Waals surface area contributed by atoms with Crippen LogP contribution in [-0.4, -0.2) is 21.5 Å². The molecule has 1 aromatic heterocycles. The zero-order valence-electron chi connectivity index (χ0n) is 15.3. The molecule has 0 saturated heterocycles. The number of quaternary nitrogens is 1. The van der Waals surface area contributed by atoms with Gasteiger partial charge in [0.2, 0.25) is 10.0 Å². The van der Waals surface area contributed by atoms with Gasteiger partial charge in [-0.1, -0.05) is 24.3 Å². The molecule has 0 spiro atoms. The van der Waals surface area contributed by atoms with Gasteiger partial charge in [-0.2, -0.15) is 0 Å². The minimum Gasteiger partial charge on any atom is -0.463 e. The Morgan fingerprint density at radius 3 is 2.50 bits per heavy atom. The van der Waals surface area contributed by atoms with Crippen LogP contribution in [0.2, 0.25) is 0 Å². The van der Waals surface area contributed by atoms with Crippen molar-refractivity contribution in [1.82, 2.24) is 4.72 Å². The second kappa shape index (κ2) is 7.87. The van der Waals surface area contributed by atoms with Crippen LogP contribution >= 0.6 is 0 Å². The van der Waals surface area contributed by atoms with Crippen molar-refractivity contribution in [3.8, 4) is 0 Å². The molecule has 3 aromatic rings. The van der Waals surface area contributed by atoms with Crippen LogP contribution in [0.25, 0.3) is 0 Å². The van der Waals surface area contributed by atoms with Gasteiger partial charge in [-0.25, -0.2) is 17.5 Å². The molecule has 2 N–H and O–H groups in total. The number of nitrogens with one attached hydrogen (secondary N) is 2.